The topological polar surface area (TPSA) is 264 Å². The summed E-state index contributed by atoms with van der Waals surface area (Å²) in [6, 6.07) is 29.1. The molecule has 0 aromatic heterocycles. The zero-order chi connectivity index (χ0) is 53.3. The molecule has 18 nitrogen and oxygen atoms in total. The highest BCUT2D eigenvalue weighted by atomic mass is 33.1. The molecule has 20 heteroatoms. The monoisotopic (exact) mass is 1050 g/mol. The minimum Gasteiger partial charge on any atom is -0.502 e. The summed E-state index contributed by atoms with van der Waals surface area (Å²) >= 11 is 0. The van der Waals surface area contributed by atoms with E-state index in [2.05, 4.69) is 10.4 Å². The van der Waals surface area contributed by atoms with Gasteiger partial charge in [-0.2, -0.15) is 0 Å². The number of carbonyl (C=O) groups is 7. The van der Waals surface area contributed by atoms with Gasteiger partial charge in [0.2, 0.25) is 11.8 Å². The van der Waals surface area contributed by atoms with Gasteiger partial charge in [0.05, 0.1) is 34.5 Å². The van der Waals surface area contributed by atoms with Gasteiger partial charge in [0.15, 0.2) is 17.5 Å². The van der Waals surface area contributed by atoms with Crippen LogP contribution < -0.4 is 10.4 Å². The van der Waals surface area contributed by atoms with Gasteiger partial charge in [-0.25, -0.2) is 14.4 Å². The lowest BCUT2D eigenvalue weighted by atomic mass is 9.44. The Bertz CT molecular complexity index is 2890. The van der Waals surface area contributed by atoms with Crippen molar-refractivity contribution in [2.75, 3.05) is 6.61 Å². The Morgan fingerprint density at radius 2 is 1.43 bits per heavy atom. The number of Topliss-reactive ketones (excluding diaryl/α,β-unsaturated/α-hetero) is 1. The number of fused-ring (bicyclic) bond motifs is 5. The lowest BCUT2D eigenvalue weighted by Crippen LogP contribution is -2.82. The second-order valence-corrected chi connectivity index (χ2v) is 21.6. The highest BCUT2D eigenvalue weighted by Gasteiger charge is 2.78. The molecule has 1 amide bonds. The van der Waals surface area contributed by atoms with E-state index in [-0.39, 0.29) is 41.0 Å². The quantitative estimate of drug-likeness (QED) is 0.0368. The molecule has 3 aliphatic carbocycles. The van der Waals surface area contributed by atoms with Crippen LogP contribution in [0.5, 0.6) is 0 Å². The average Bonchev–Trinajstić information content (AvgIpc) is 3.38. The van der Waals surface area contributed by atoms with E-state index in [0.29, 0.717) is 21.3 Å². The van der Waals surface area contributed by atoms with Crippen LogP contribution in [0.3, 0.4) is 0 Å². The summed E-state index contributed by atoms with van der Waals surface area (Å²) in [5, 5.41) is 30.1. The zero-order valence-electron chi connectivity index (χ0n) is 41.2. The summed E-state index contributed by atoms with van der Waals surface area (Å²) in [5.74, 6) is -7.14. The van der Waals surface area contributed by atoms with E-state index < -0.39 is 118 Å². The van der Waals surface area contributed by atoms with E-state index in [9.17, 15) is 39.7 Å². The standard InChI is InChI=1S/C54H55N3O15S2/c1-29-36(69-49(64)43(70-50(65)74-73-37-25-17-16-24-35(37)57-55)41(32-18-10-7-11-19-32)56-47(62)33-20-12-8-13-21-33)27-54(66)46(71-48(63)34-22-14-9-15-23-34)44-52(6,38(60)26-39-53(44,28-67-39)72-31(3)59)45(61)42(68-30(2)58)40(29)51(54,4)5/h7-25,36,38-39,41-44,46,57,60,66H,26-28H2,1-6H3,(H,56,62)/t36-,38-,39+,41-,42+,43+,44-,46-,52+,53-,54+/m0/s1. The van der Waals surface area contributed by atoms with Gasteiger partial charge >= 0.3 is 29.2 Å². The Labute approximate surface area is 434 Å². The average molecular weight is 1050 g/mol. The molecule has 4 aromatic carbocycles. The maximum absolute atomic E-state index is 15.8. The van der Waals surface area contributed by atoms with E-state index in [1.54, 1.807) is 117 Å². The number of hydrogen-bond donors (Lipinski definition) is 4. The van der Waals surface area contributed by atoms with Gasteiger partial charge in [-0.3, -0.25) is 24.3 Å². The van der Waals surface area contributed by atoms with E-state index in [1.807, 2.05) is 0 Å². The number of aliphatic hydroxyl groups excluding tert-OH is 1. The van der Waals surface area contributed by atoms with Crippen LogP contribution in [0.1, 0.15) is 86.7 Å². The van der Waals surface area contributed by atoms with Crippen molar-refractivity contribution >= 4 is 68.1 Å². The van der Waals surface area contributed by atoms with Gasteiger partial charge in [-0.1, -0.05) is 92.7 Å². The predicted molar refractivity (Wildman–Crippen MR) is 266 cm³/mol. The first-order valence-electron chi connectivity index (χ1n) is 23.7. The van der Waals surface area contributed by atoms with Crippen molar-refractivity contribution in [2.45, 2.75) is 113 Å². The van der Waals surface area contributed by atoms with Gasteiger partial charge in [0.25, 0.3) is 5.91 Å². The number of carbonyl (C=O) groups excluding carboxylic acids is 7. The van der Waals surface area contributed by atoms with E-state index in [4.69, 9.17) is 28.4 Å². The third-order valence-corrected chi connectivity index (χ3v) is 16.9. The maximum Gasteiger partial charge on any atom is 0.379 e. The second kappa shape index (κ2) is 21.3. The van der Waals surface area contributed by atoms with Crippen molar-refractivity contribution in [3.8, 4) is 0 Å². The minimum absolute atomic E-state index is 0.0353. The second-order valence-electron chi connectivity index (χ2n) is 19.5. The molecule has 0 radical (unpaired) electrons. The van der Waals surface area contributed by atoms with Crippen molar-refractivity contribution in [3.05, 3.63) is 149 Å². The summed E-state index contributed by atoms with van der Waals surface area (Å²) in [6.45, 7) is 7.83. The number of ketones is 1. The van der Waals surface area contributed by atoms with Crippen molar-refractivity contribution in [1.82, 2.24) is 5.32 Å². The Hall–Kier alpha value is -6.71. The first kappa shape index (κ1) is 53.6. The number of benzene rings is 4. The summed E-state index contributed by atoms with van der Waals surface area (Å²) < 4.78 is 36.9. The molecule has 4 aliphatic rings. The van der Waals surface area contributed by atoms with Gasteiger partial charge in [0, 0.05) is 54.5 Å². The van der Waals surface area contributed by atoms with Gasteiger partial charge in [-0.05, 0) is 71.7 Å². The van der Waals surface area contributed by atoms with Crippen molar-refractivity contribution in [2.24, 2.45) is 16.7 Å². The van der Waals surface area contributed by atoms with Gasteiger partial charge < -0.3 is 49.5 Å². The van der Waals surface area contributed by atoms with Gasteiger partial charge in [-0.15, -0.1) is 0 Å². The fraction of sp³-hybridized carbons (Fsp3) is 0.389. The summed E-state index contributed by atoms with van der Waals surface area (Å²) in [7, 11) is 1.46. The van der Waals surface area contributed by atoms with Crippen LogP contribution >= 0.6 is 21.6 Å². The Morgan fingerprint density at radius 1 is 0.824 bits per heavy atom. The number of para-hydroxylation sites is 1. The Balaban J connectivity index is 1.29. The molecule has 2 bridgehead atoms. The molecule has 2 saturated carbocycles. The van der Waals surface area contributed by atoms with Crippen LogP contribution in [0.2, 0.25) is 0 Å². The van der Waals surface area contributed by atoms with Crippen LogP contribution in [-0.2, 0) is 47.6 Å². The van der Waals surface area contributed by atoms with Crippen molar-refractivity contribution in [3.63, 3.8) is 0 Å². The van der Waals surface area contributed by atoms with Crippen LogP contribution in [0.15, 0.2) is 131 Å². The lowest BCUT2D eigenvalue weighted by molar-refractivity contribution is -0.382. The molecule has 8 rings (SSSR count). The molecule has 1 aliphatic heterocycles. The maximum atomic E-state index is 15.8. The minimum atomic E-state index is -2.49. The van der Waals surface area contributed by atoms with Crippen LogP contribution in [0, 0.1) is 16.7 Å². The van der Waals surface area contributed by atoms with Crippen molar-refractivity contribution in [1.29, 1.82) is 0 Å². The highest BCUT2D eigenvalue weighted by Crippen LogP contribution is 2.64. The summed E-state index contributed by atoms with van der Waals surface area (Å²) in [5.41, 5.74) is 2.41. The predicted octanol–water partition coefficient (Wildman–Crippen LogP) is 6.05. The van der Waals surface area contributed by atoms with Gasteiger partial charge in [0.1, 0.15) is 30.0 Å². The number of aliphatic hydroxyl groups is 2. The SMILES string of the molecule is CC(=O)O[C@H]1C(=O)[C@@]2(C)[C@H]([C@H](OC(=O)c3ccccc3)[C@]3(O)C[C@H](OC(=O)[C@H](OC(=O)SSc4ccccc4[NH+]=[N-])[C@@H](NC(=O)c4ccccc4)c4ccccc4)C(C)=C1C3(C)C)[C@]1(OC(C)=O)CO[C@@H]1C[C@@H]2O. The van der Waals surface area contributed by atoms with E-state index in [0.717, 1.165) is 24.6 Å². The Morgan fingerprint density at radius 3 is 2.03 bits per heavy atom. The third kappa shape index (κ3) is 9.76. The normalized spacial score (nSPS) is 28.4. The largest absolute Gasteiger partial charge is 0.502 e. The van der Waals surface area contributed by atoms with Crippen LogP contribution in [-0.4, -0.2) is 106 Å². The first-order chi connectivity index (χ1) is 35.2. The number of hydrogen-bond acceptors (Lipinski definition) is 17. The summed E-state index contributed by atoms with van der Waals surface area (Å²) in [6.07, 6.45) is -10.9. The third-order valence-electron chi connectivity index (χ3n) is 14.9. The summed E-state index contributed by atoms with van der Waals surface area (Å²) in [4.78, 5) is 100. The molecule has 74 heavy (non-hydrogen) atoms. The number of nitrogens with one attached hydrogen (secondary N) is 2. The van der Waals surface area contributed by atoms with E-state index in [1.165, 1.54) is 26.0 Å². The zero-order valence-corrected chi connectivity index (χ0v) is 42.8. The molecule has 0 spiro atoms. The molecule has 4 N–H and O–H groups in total. The molecule has 0 unspecified atom stereocenters. The number of esters is 4. The van der Waals surface area contributed by atoms with Crippen molar-refractivity contribution < 1.29 is 77.3 Å². The molecule has 388 valence electrons. The van der Waals surface area contributed by atoms with Crippen LogP contribution in [0.25, 0.3) is 5.53 Å². The molecule has 11 atom stereocenters. The highest BCUT2D eigenvalue weighted by molar-refractivity contribution is 8.82. The molecule has 4 aromatic rings. The lowest BCUT2D eigenvalue weighted by Gasteiger charge is -2.67. The molecule has 1 saturated heterocycles. The number of nitrogens with zero attached hydrogens (tertiary/aromatic N) is 1. The fourth-order valence-electron chi connectivity index (χ4n) is 11.1. The molecule has 3 fully saturated rings. The molecular weight excluding hydrogens is 995 g/mol. The number of ether oxygens (including phenoxy) is 6. The number of rotatable bonds is 14. The van der Waals surface area contributed by atoms with E-state index >= 15 is 9.59 Å². The fourth-order valence-corrected chi connectivity index (χ4v) is 12.8. The first-order valence-corrected chi connectivity index (χ1v) is 25.9. The number of amides is 1. The molecule has 1 heterocycles. The molecular formula is C54H55N3O15S2. The smallest absolute Gasteiger partial charge is 0.379 e. The van der Waals surface area contributed by atoms with Crippen LogP contribution in [0.4, 0.5) is 10.5 Å². The Kier molecular flexibility index (Phi) is 15.4.